The Balaban J connectivity index is 1.49. The Morgan fingerprint density at radius 2 is 1.68 bits per heavy atom. The van der Waals surface area contributed by atoms with Gasteiger partial charge in [0.25, 0.3) is 0 Å². The van der Waals surface area contributed by atoms with Crippen LogP contribution in [0.1, 0.15) is 129 Å². The molecule has 1 N–H and O–H groups in total. The minimum absolute atomic E-state index is 0.168. The van der Waals surface area contributed by atoms with Crippen molar-refractivity contribution in [2.45, 2.75) is 124 Å². The molecule has 0 amide bonds. The fraction of sp³-hybridized carbons (Fsp3) is 0.703. The number of hydrogen-bond donors (Lipinski definition) is 1. The van der Waals surface area contributed by atoms with Gasteiger partial charge in [0.2, 0.25) is 0 Å². The molecule has 0 aliphatic heterocycles. The number of ether oxygens (including phenoxy) is 1. The maximum Gasteiger partial charge on any atom is 0.338 e. The van der Waals surface area contributed by atoms with Gasteiger partial charge >= 0.3 is 5.97 Å². The maximum absolute atomic E-state index is 12.8. The molecular weight excluding hydrogens is 492 g/mol. The van der Waals surface area contributed by atoms with E-state index in [4.69, 9.17) is 4.74 Å². The van der Waals surface area contributed by atoms with Crippen LogP contribution in [-0.2, 0) is 4.74 Å². The van der Waals surface area contributed by atoms with Gasteiger partial charge in [-0.3, -0.25) is 0 Å². The van der Waals surface area contributed by atoms with Crippen molar-refractivity contribution in [3.63, 3.8) is 0 Å². The normalized spacial score (nSPS) is 33.7. The Kier molecular flexibility index (Phi) is 9.45. The molecule has 0 unspecified atom stereocenters. The van der Waals surface area contributed by atoms with Crippen molar-refractivity contribution >= 4 is 5.97 Å². The molecule has 0 saturated heterocycles. The zero-order valence-corrected chi connectivity index (χ0v) is 26.4. The molecule has 0 spiro atoms. The number of carbonyl (C=O) groups is 1. The summed E-state index contributed by atoms with van der Waals surface area (Å²) in [4.78, 5) is 12.8. The topological polar surface area (TPSA) is 46.5 Å². The van der Waals surface area contributed by atoms with Gasteiger partial charge < -0.3 is 9.84 Å². The summed E-state index contributed by atoms with van der Waals surface area (Å²) in [5, 5.41) is 11.6. The minimum Gasteiger partial charge on any atom is -0.458 e. The highest BCUT2D eigenvalue weighted by Gasteiger charge is 2.57. The van der Waals surface area contributed by atoms with Crippen LogP contribution in [0.5, 0.6) is 0 Å². The van der Waals surface area contributed by atoms with Crippen molar-refractivity contribution in [2.24, 2.45) is 34.0 Å². The van der Waals surface area contributed by atoms with Gasteiger partial charge in [0.05, 0.1) is 11.2 Å². The Bertz CT molecular complexity index is 1060. The SMILES string of the molecule is C=C1CCCC(C)(C)[C@@H]1CC/C(=C/CC[C@@H]1[C@@]2(C)CCCC(C)(C)[C@@H]2CC[C@@]1(C)O)COC(=O)c1ccccc1. The third-order valence-corrected chi connectivity index (χ3v) is 11.6. The lowest BCUT2D eigenvalue weighted by Gasteiger charge is -2.61. The lowest BCUT2D eigenvalue weighted by Crippen LogP contribution is -2.57. The van der Waals surface area contributed by atoms with Crippen LogP contribution in [0.15, 0.2) is 54.1 Å². The number of allylic oxidation sites excluding steroid dienone is 2. The predicted molar refractivity (Wildman–Crippen MR) is 166 cm³/mol. The average molecular weight is 549 g/mol. The van der Waals surface area contributed by atoms with E-state index < -0.39 is 5.60 Å². The molecule has 1 aromatic carbocycles. The molecule has 5 atom stereocenters. The molecule has 222 valence electrons. The average Bonchev–Trinajstić information content (AvgIpc) is 2.87. The molecule has 3 nitrogen and oxygen atoms in total. The van der Waals surface area contributed by atoms with E-state index in [1.165, 1.54) is 43.3 Å². The highest BCUT2D eigenvalue weighted by molar-refractivity contribution is 5.89. The number of rotatable bonds is 9. The molecule has 0 bridgehead atoms. The third kappa shape index (κ3) is 6.77. The largest absolute Gasteiger partial charge is 0.458 e. The zero-order valence-electron chi connectivity index (χ0n) is 26.4. The van der Waals surface area contributed by atoms with E-state index in [-0.39, 0.29) is 22.7 Å². The summed E-state index contributed by atoms with van der Waals surface area (Å²) in [5.74, 6) is 1.18. The summed E-state index contributed by atoms with van der Waals surface area (Å²) < 4.78 is 5.85. The van der Waals surface area contributed by atoms with Gasteiger partial charge in [-0.25, -0.2) is 4.79 Å². The smallest absolute Gasteiger partial charge is 0.338 e. The van der Waals surface area contributed by atoms with E-state index in [9.17, 15) is 9.90 Å². The lowest BCUT2D eigenvalue weighted by atomic mass is 9.45. The summed E-state index contributed by atoms with van der Waals surface area (Å²) >= 11 is 0. The highest BCUT2D eigenvalue weighted by Crippen LogP contribution is 2.63. The predicted octanol–water partition coefficient (Wildman–Crippen LogP) is 9.71. The lowest BCUT2D eigenvalue weighted by molar-refractivity contribution is -0.168. The van der Waals surface area contributed by atoms with Crippen LogP contribution in [0.25, 0.3) is 0 Å². The van der Waals surface area contributed by atoms with Gasteiger partial charge in [0.1, 0.15) is 6.61 Å². The number of carbonyl (C=O) groups excluding carboxylic acids is 1. The summed E-state index contributed by atoms with van der Waals surface area (Å²) in [6.07, 6.45) is 15.6. The van der Waals surface area contributed by atoms with E-state index in [0.29, 0.717) is 29.4 Å². The number of esters is 1. The molecule has 0 radical (unpaired) electrons. The van der Waals surface area contributed by atoms with Gasteiger partial charge in [-0.2, -0.15) is 0 Å². The fourth-order valence-electron chi connectivity index (χ4n) is 9.37. The third-order valence-electron chi connectivity index (χ3n) is 11.6. The van der Waals surface area contributed by atoms with Gasteiger partial charge in [-0.15, -0.1) is 0 Å². The van der Waals surface area contributed by atoms with Crippen molar-refractivity contribution in [3.05, 3.63) is 59.7 Å². The molecular formula is C37H56O3. The molecule has 4 rings (SSSR count). The first-order valence-corrected chi connectivity index (χ1v) is 16.1. The first kappa shape index (κ1) is 31.1. The van der Waals surface area contributed by atoms with Gasteiger partial charge in [-0.1, -0.05) is 77.5 Å². The molecule has 1 aromatic rings. The standard InChI is InChI=1S/C37H56O3/c1-27-14-12-22-34(2,3)30(27)20-19-28(26-40-33(38)29-16-9-8-10-17-29)15-11-18-32-36(6)24-13-23-35(4,5)31(36)21-25-37(32,7)39/h8-10,15-17,30-32,39H,1,11-14,18-26H2,2-7H3/b28-15-/t30-,31+,32-,36+,37-/m1/s1. The van der Waals surface area contributed by atoms with Crippen LogP contribution >= 0.6 is 0 Å². The Hall–Kier alpha value is -1.87. The van der Waals surface area contributed by atoms with Crippen molar-refractivity contribution < 1.29 is 14.6 Å². The summed E-state index contributed by atoms with van der Waals surface area (Å²) in [6.45, 7) is 19.0. The van der Waals surface area contributed by atoms with Crippen LogP contribution in [0, 0.1) is 34.0 Å². The quantitative estimate of drug-likeness (QED) is 0.247. The maximum atomic E-state index is 12.8. The van der Waals surface area contributed by atoms with Crippen LogP contribution in [0.2, 0.25) is 0 Å². The van der Waals surface area contributed by atoms with Crippen LogP contribution in [0.4, 0.5) is 0 Å². The first-order chi connectivity index (χ1) is 18.8. The minimum atomic E-state index is -0.629. The van der Waals surface area contributed by atoms with Gasteiger partial charge in [-0.05, 0) is 129 Å². The van der Waals surface area contributed by atoms with E-state index in [1.54, 1.807) is 0 Å². The monoisotopic (exact) mass is 548 g/mol. The van der Waals surface area contributed by atoms with E-state index >= 15 is 0 Å². The molecule has 40 heavy (non-hydrogen) atoms. The second-order valence-electron chi connectivity index (χ2n) is 15.3. The van der Waals surface area contributed by atoms with Gasteiger partial charge in [0, 0.05) is 0 Å². The molecule has 3 fully saturated rings. The number of aliphatic hydroxyl groups is 1. The second-order valence-corrected chi connectivity index (χ2v) is 15.3. The molecule has 3 aliphatic rings. The van der Waals surface area contributed by atoms with Crippen molar-refractivity contribution in [1.29, 1.82) is 0 Å². The van der Waals surface area contributed by atoms with Crippen LogP contribution in [-0.4, -0.2) is 23.3 Å². The van der Waals surface area contributed by atoms with Crippen molar-refractivity contribution in [1.82, 2.24) is 0 Å². The van der Waals surface area contributed by atoms with E-state index in [2.05, 4.69) is 54.2 Å². The summed E-state index contributed by atoms with van der Waals surface area (Å²) in [6, 6.07) is 9.29. The Morgan fingerprint density at radius 3 is 2.38 bits per heavy atom. The Morgan fingerprint density at radius 1 is 0.975 bits per heavy atom. The zero-order chi connectivity index (χ0) is 29.2. The van der Waals surface area contributed by atoms with Crippen molar-refractivity contribution in [2.75, 3.05) is 6.61 Å². The molecule has 3 heteroatoms. The summed E-state index contributed by atoms with van der Waals surface area (Å²) in [7, 11) is 0. The van der Waals surface area contributed by atoms with E-state index in [1.807, 2.05) is 30.3 Å². The molecule has 3 saturated carbocycles. The molecule has 0 heterocycles. The van der Waals surface area contributed by atoms with Crippen LogP contribution in [0.3, 0.4) is 0 Å². The van der Waals surface area contributed by atoms with Crippen molar-refractivity contribution in [3.8, 4) is 0 Å². The second kappa shape index (κ2) is 12.2. The summed E-state index contributed by atoms with van der Waals surface area (Å²) in [5.41, 5.74) is 3.33. The fourth-order valence-corrected chi connectivity index (χ4v) is 9.37. The van der Waals surface area contributed by atoms with E-state index in [0.717, 1.165) is 44.9 Å². The highest BCUT2D eigenvalue weighted by atomic mass is 16.5. The molecule has 3 aliphatic carbocycles. The number of fused-ring (bicyclic) bond motifs is 1. The van der Waals surface area contributed by atoms with Gasteiger partial charge in [0.15, 0.2) is 0 Å². The molecule has 0 aromatic heterocycles. The van der Waals surface area contributed by atoms with Crippen LogP contribution < -0.4 is 0 Å². The first-order valence-electron chi connectivity index (χ1n) is 16.1. The Labute approximate surface area is 244 Å². The number of benzene rings is 1. The number of hydrogen-bond acceptors (Lipinski definition) is 3.